The zero-order valence-electron chi connectivity index (χ0n) is 27.3. The molecule has 14 heteroatoms. The van der Waals surface area contributed by atoms with Crippen LogP contribution in [-0.2, 0) is 14.8 Å². The number of carbonyl (C=O) groups excluding carboxylic acids is 1. The number of hydrogen-bond donors (Lipinski definition) is 1. The minimum atomic E-state index is -4.52. The molecule has 2 aromatic carbocycles. The number of likely N-dealkylation sites (tertiary alicyclic amines) is 1. The third kappa shape index (κ3) is 6.71. The van der Waals surface area contributed by atoms with Gasteiger partial charge >= 0.3 is 6.09 Å². The summed E-state index contributed by atoms with van der Waals surface area (Å²) >= 11 is 0. The van der Waals surface area contributed by atoms with Crippen LogP contribution in [0.3, 0.4) is 0 Å². The fourth-order valence-corrected chi connectivity index (χ4v) is 7.74. The Kier molecular flexibility index (Phi) is 8.65. The minimum absolute atomic E-state index is 0.0170. The maximum absolute atomic E-state index is 14.5. The van der Waals surface area contributed by atoms with E-state index in [0.29, 0.717) is 47.1 Å². The number of pyridine rings is 1. The zero-order chi connectivity index (χ0) is 34.4. The molecule has 2 aromatic heterocycles. The second-order valence-electron chi connectivity index (χ2n) is 13.4. The topological polar surface area (TPSA) is 133 Å². The fourth-order valence-electron chi connectivity index (χ4n) is 6.51. The van der Waals surface area contributed by atoms with E-state index in [1.165, 1.54) is 19.5 Å². The number of fused-ring (bicyclic) bond motifs is 1. The minimum Gasteiger partial charge on any atom is -0.488 e. The second kappa shape index (κ2) is 12.5. The molecule has 1 unspecified atom stereocenters. The predicted octanol–water partition coefficient (Wildman–Crippen LogP) is 6.65. The van der Waals surface area contributed by atoms with Crippen molar-refractivity contribution in [2.24, 2.45) is 5.41 Å². The molecule has 2 fully saturated rings. The van der Waals surface area contributed by atoms with Gasteiger partial charge in [-0.15, -0.1) is 0 Å². The van der Waals surface area contributed by atoms with Crippen LogP contribution in [0.25, 0.3) is 22.0 Å². The summed E-state index contributed by atoms with van der Waals surface area (Å²) in [4.78, 5) is 27.5. The lowest BCUT2D eigenvalue weighted by atomic mass is 9.68. The SMILES string of the molecule is COc1ccc(-c2ccc(OC3CCCC4(C3)CN(C(=O)OC(C)(C)C)C4)c3ncnc(C)c23)c(S(=O)(=O)Nc2ccc(F)cc2F)n1. The first-order valence-electron chi connectivity index (χ1n) is 15.6. The molecule has 11 nitrogen and oxygen atoms in total. The quantitative estimate of drug-likeness (QED) is 0.228. The van der Waals surface area contributed by atoms with E-state index >= 15 is 0 Å². The van der Waals surface area contributed by atoms with Crippen LogP contribution in [0.1, 0.15) is 52.1 Å². The lowest BCUT2D eigenvalue weighted by molar-refractivity contribution is -0.0680. The molecule has 1 saturated carbocycles. The number of methoxy groups -OCH3 is 1. The molecule has 0 radical (unpaired) electrons. The monoisotopic (exact) mass is 681 g/mol. The average Bonchev–Trinajstić information content (AvgIpc) is 3.00. The summed E-state index contributed by atoms with van der Waals surface area (Å²) < 4.78 is 74.9. The number of nitrogens with zero attached hydrogens (tertiary/aromatic N) is 4. The number of ether oxygens (including phenoxy) is 3. The first-order valence-corrected chi connectivity index (χ1v) is 17.1. The summed E-state index contributed by atoms with van der Waals surface area (Å²) in [6.45, 7) is 8.55. The molecule has 6 rings (SSSR count). The number of aryl methyl sites for hydroxylation is 1. The van der Waals surface area contributed by atoms with Gasteiger partial charge < -0.3 is 19.1 Å². The van der Waals surface area contributed by atoms with Crippen molar-refractivity contribution in [1.29, 1.82) is 0 Å². The smallest absolute Gasteiger partial charge is 0.410 e. The highest BCUT2D eigenvalue weighted by molar-refractivity contribution is 7.92. The largest absolute Gasteiger partial charge is 0.488 e. The van der Waals surface area contributed by atoms with Crippen molar-refractivity contribution >= 4 is 32.7 Å². The number of aromatic nitrogens is 3. The lowest BCUT2D eigenvalue weighted by Gasteiger charge is -2.53. The van der Waals surface area contributed by atoms with Gasteiger partial charge in [-0.2, -0.15) is 13.4 Å². The third-order valence-corrected chi connectivity index (χ3v) is 9.91. The van der Waals surface area contributed by atoms with Gasteiger partial charge in [0.15, 0.2) is 5.03 Å². The van der Waals surface area contributed by atoms with Gasteiger partial charge in [-0.05, 0) is 89.3 Å². The number of rotatable bonds is 7. The van der Waals surface area contributed by atoms with Gasteiger partial charge in [0, 0.05) is 47.3 Å². The molecular formula is C34H37F2N5O6S. The molecule has 1 N–H and O–H groups in total. The van der Waals surface area contributed by atoms with Crippen LogP contribution in [0.15, 0.2) is 53.8 Å². The van der Waals surface area contributed by atoms with Crippen molar-refractivity contribution in [3.05, 3.63) is 66.1 Å². The van der Waals surface area contributed by atoms with Crippen LogP contribution in [0, 0.1) is 24.0 Å². The van der Waals surface area contributed by atoms with Gasteiger partial charge in [-0.25, -0.2) is 23.5 Å². The summed E-state index contributed by atoms with van der Waals surface area (Å²) in [7, 11) is -3.17. The molecule has 0 bridgehead atoms. The number of hydrogen-bond acceptors (Lipinski definition) is 9. The lowest BCUT2D eigenvalue weighted by Crippen LogP contribution is -2.61. The number of carbonyl (C=O) groups is 1. The molecule has 254 valence electrons. The summed E-state index contributed by atoms with van der Waals surface area (Å²) in [5, 5.41) is 0.120. The molecule has 48 heavy (non-hydrogen) atoms. The highest BCUT2D eigenvalue weighted by atomic mass is 32.2. The van der Waals surface area contributed by atoms with Crippen LogP contribution in [0.2, 0.25) is 0 Å². The van der Waals surface area contributed by atoms with Gasteiger partial charge in [0.05, 0.1) is 18.9 Å². The fraction of sp³-hybridized carbons (Fsp3) is 0.412. The van der Waals surface area contributed by atoms with Crippen molar-refractivity contribution in [2.75, 3.05) is 24.9 Å². The zero-order valence-corrected chi connectivity index (χ0v) is 28.2. The first-order chi connectivity index (χ1) is 22.7. The van der Waals surface area contributed by atoms with Crippen LogP contribution in [0.5, 0.6) is 11.6 Å². The normalized spacial score (nSPS) is 17.6. The number of amides is 1. The van der Waals surface area contributed by atoms with E-state index in [1.807, 2.05) is 20.8 Å². The number of anilines is 1. The summed E-state index contributed by atoms with van der Waals surface area (Å²) in [6.07, 6.45) is 4.51. The van der Waals surface area contributed by atoms with Crippen molar-refractivity contribution in [3.8, 4) is 22.8 Å². The standard InChI is InChI=1S/C34H37F2N5O6S/c1-20-29-23(24-10-13-28(45-5)39-31(24)48(43,44)40-26-11-8-21(35)15-25(26)36)9-12-27(30(29)38-19-37-20)46-22-7-6-14-34(16-22)17-41(18-34)32(42)47-33(2,3)4/h8-13,15,19,22,40H,6-7,14,16-18H2,1-5H3. The molecule has 1 atom stereocenters. The van der Waals surface area contributed by atoms with Gasteiger partial charge in [-0.1, -0.05) is 0 Å². The van der Waals surface area contributed by atoms with E-state index in [2.05, 4.69) is 19.7 Å². The van der Waals surface area contributed by atoms with E-state index < -0.39 is 38.0 Å². The average molecular weight is 682 g/mol. The van der Waals surface area contributed by atoms with E-state index in [4.69, 9.17) is 14.2 Å². The molecule has 4 aromatic rings. The molecule has 1 amide bonds. The molecular weight excluding hydrogens is 644 g/mol. The molecule has 1 aliphatic carbocycles. The number of nitrogens with one attached hydrogen (secondary N) is 1. The Morgan fingerprint density at radius 2 is 1.81 bits per heavy atom. The van der Waals surface area contributed by atoms with Gasteiger partial charge in [-0.3, -0.25) is 4.72 Å². The maximum Gasteiger partial charge on any atom is 0.410 e. The number of halogens is 2. The van der Waals surface area contributed by atoms with Crippen molar-refractivity contribution in [3.63, 3.8) is 0 Å². The second-order valence-corrected chi connectivity index (χ2v) is 15.0. The maximum atomic E-state index is 14.5. The Morgan fingerprint density at radius 3 is 2.52 bits per heavy atom. The Labute approximate surface area is 277 Å². The van der Waals surface area contributed by atoms with Gasteiger partial charge in [0.2, 0.25) is 5.88 Å². The number of sulfonamides is 1. The predicted molar refractivity (Wildman–Crippen MR) is 174 cm³/mol. The van der Waals surface area contributed by atoms with Crippen molar-refractivity contribution in [2.45, 2.75) is 70.1 Å². The molecule has 1 spiro atoms. The Bertz CT molecular complexity index is 2000. The van der Waals surface area contributed by atoms with E-state index in [9.17, 15) is 22.0 Å². The summed E-state index contributed by atoms with van der Waals surface area (Å²) in [5.74, 6) is -1.40. The Hall–Kier alpha value is -4.59. The summed E-state index contributed by atoms with van der Waals surface area (Å²) in [6, 6.07) is 9.05. The highest BCUT2D eigenvalue weighted by Crippen LogP contribution is 2.46. The Morgan fingerprint density at radius 1 is 1.06 bits per heavy atom. The van der Waals surface area contributed by atoms with E-state index in [-0.39, 0.29) is 29.1 Å². The van der Waals surface area contributed by atoms with E-state index in [1.54, 1.807) is 30.0 Å². The van der Waals surface area contributed by atoms with E-state index in [0.717, 1.165) is 37.8 Å². The molecule has 1 saturated heterocycles. The van der Waals surface area contributed by atoms with Crippen molar-refractivity contribution < 1.29 is 36.2 Å². The molecule has 2 aliphatic rings. The van der Waals surface area contributed by atoms with Gasteiger partial charge in [0.25, 0.3) is 10.0 Å². The molecule has 1 aliphatic heterocycles. The van der Waals surface area contributed by atoms with Crippen LogP contribution in [-0.4, -0.2) is 66.3 Å². The molecule has 3 heterocycles. The number of benzene rings is 2. The highest BCUT2D eigenvalue weighted by Gasteiger charge is 2.49. The van der Waals surface area contributed by atoms with Crippen LogP contribution in [0.4, 0.5) is 19.3 Å². The third-order valence-electron chi connectivity index (χ3n) is 8.60. The van der Waals surface area contributed by atoms with Crippen LogP contribution < -0.4 is 14.2 Å². The first kappa shape index (κ1) is 33.3. The van der Waals surface area contributed by atoms with Crippen LogP contribution >= 0.6 is 0 Å². The summed E-state index contributed by atoms with van der Waals surface area (Å²) in [5.41, 5.74) is 0.659. The Balaban J connectivity index is 1.31. The van der Waals surface area contributed by atoms with Crippen molar-refractivity contribution in [1.82, 2.24) is 19.9 Å². The van der Waals surface area contributed by atoms with Gasteiger partial charge in [0.1, 0.15) is 34.8 Å².